The Hall–Kier alpha value is -0.680. The standard InChI is InChI=1S/C15H18Cl2N2OS/c1-9(8-15(2,3)21(18)20)11-7-10-5-4-6-12(16)13(10)19-14(11)17/h4-7,9H,8,18H2,1-3H3/t9-,21?/m0/s1. The molecule has 2 N–H and O–H groups in total. The van der Waals surface area contributed by atoms with Crippen LogP contribution in [-0.2, 0) is 11.0 Å². The summed E-state index contributed by atoms with van der Waals surface area (Å²) in [6.07, 6.45) is 0.656. The van der Waals surface area contributed by atoms with E-state index in [1.54, 1.807) is 6.07 Å². The minimum absolute atomic E-state index is 0.0934. The molecule has 0 spiro atoms. The lowest BCUT2D eigenvalue weighted by Crippen LogP contribution is -2.33. The molecule has 0 bridgehead atoms. The third kappa shape index (κ3) is 3.57. The molecule has 114 valence electrons. The molecule has 0 radical (unpaired) electrons. The first-order chi connectivity index (χ1) is 9.72. The number of nitrogens with two attached hydrogens (primary N) is 1. The van der Waals surface area contributed by atoms with Gasteiger partial charge in [-0.25, -0.2) is 9.19 Å². The number of pyridine rings is 1. The molecule has 1 heterocycles. The van der Waals surface area contributed by atoms with E-state index in [2.05, 4.69) is 4.98 Å². The molecule has 0 fully saturated rings. The molecule has 1 aromatic carbocycles. The number of rotatable bonds is 4. The largest absolute Gasteiger partial charge is 0.251 e. The summed E-state index contributed by atoms with van der Waals surface area (Å²) in [6.45, 7) is 5.81. The van der Waals surface area contributed by atoms with Crippen molar-refractivity contribution < 1.29 is 4.21 Å². The van der Waals surface area contributed by atoms with Gasteiger partial charge >= 0.3 is 0 Å². The number of aromatic nitrogens is 1. The van der Waals surface area contributed by atoms with E-state index in [0.717, 1.165) is 10.9 Å². The first-order valence-corrected chi connectivity index (χ1v) is 8.60. The van der Waals surface area contributed by atoms with Gasteiger partial charge in [0.1, 0.15) is 5.15 Å². The Morgan fingerprint density at radius 2 is 2.05 bits per heavy atom. The van der Waals surface area contributed by atoms with Crippen LogP contribution in [0.5, 0.6) is 0 Å². The molecule has 3 nitrogen and oxygen atoms in total. The zero-order valence-corrected chi connectivity index (χ0v) is 14.5. The van der Waals surface area contributed by atoms with Crippen LogP contribution >= 0.6 is 23.2 Å². The second-order valence-electron chi connectivity index (χ2n) is 5.84. The summed E-state index contributed by atoms with van der Waals surface area (Å²) in [5.41, 5.74) is 1.62. The molecule has 21 heavy (non-hydrogen) atoms. The summed E-state index contributed by atoms with van der Waals surface area (Å²) < 4.78 is 11.1. The number of para-hydroxylation sites is 1. The lowest BCUT2D eigenvalue weighted by molar-refractivity contribution is 0.540. The van der Waals surface area contributed by atoms with Crippen LogP contribution in [0.3, 0.4) is 0 Å². The van der Waals surface area contributed by atoms with Gasteiger partial charge in [0.05, 0.1) is 26.3 Å². The Balaban J connectivity index is 2.42. The molecule has 0 saturated heterocycles. The van der Waals surface area contributed by atoms with Crippen molar-refractivity contribution in [2.24, 2.45) is 5.14 Å². The van der Waals surface area contributed by atoms with E-state index in [4.69, 9.17) is 28.3 Å². The van der Waals surface area contributed by atoms with Crippen LogP contribution in [0, 0.1) is 0 Å². The Morgan fingerprint density at radius 3 is 2.67 bits per heavy atom. The van der Waals surface area contributed by atoms with E-state index in [9.17, 15) is 4.21 Å². The lowest BCUT2D eigenvalue weighted by Gasteiger charge is -2.25. The van der Waals surface area contributed by atoms with E-state index in [1.807, 2.05) is 39.0 Å². The zero-order chi connectivity index (χ0) is 15.8. The second kappa shape index (κ2) is 6.21. The summed E-state index contributed by atoms with van der Waals surface area (Å²) in [5, 5.41) is 7.51. The SMILES string of the molecule is C[C@@H](CC(C)(C)S(N)=O)c1cc2cccc(Cl)c2nc1Cl. The number of nitrogens with zero attached hydrogens (tertiary/aromatic N) is 1. The fourth-order valence-electron chi connectivity index (χ4n) is 2.43. The Morgan fingerprint density at radius 1 is 1.38 bits per heavy atom. The molecular formula is C15H18Cl2N2OS. The smallest absolute Gasteiger partial charge is 0.133 e. The van der Waals surface area contributed by atoms with Gasteiger partial charge in [0.25, 0.3) is 0 Å². The first kappa shape index (κ1) is 16.7. The van der Waals surface area contributed by atoms with E-state index < -0.39 is 15.7 Å². The van der Waals surface area contributed by atoms with E-state index in [0.29, 0.717) is 22.1 Å². The van der Waals surface area contributed by atoms with Crippen molar-refractivity contribution in [3.8, 4) is 0 Å². The molecule has 2 rings (SSSR count). The average Bonchev–Trinajstić information content (AvgIpc) is 2.38. The minimum Gasteiger partial charge on any atom is -0.251 e. The summed E-state index contributed by atoms with van der Waals surface area (Å²) in [6, 6.07) is 7.62. The highest BCUT2D eigenvalue weighted by molar-refractivity contribution is 7.84. The van der Waals surface area contributed by atoms with Gasteiger partial charge < -0.3 is 0 Å². The van der Waals surface area contributed by atoms with Crippen molar-refractivity contribution in [1.82, 2.24) is 4.98 Å². The normalized spacial score (nSPS) is 15.1. The topological polar surface area (TPSA) is 56.0 Å². The van der Waals surface area contributed by atoms with Gasteiger partial charge in [0.2, 0.25) is 0 Å². The zero-order valence-electron chi connectivity index (χ0n) is 12.2. The molecule has 0 amide bonds. The highest BCUT2D eigenvalue weighted by atomic mass is 35.5. The van der Waals surface area contributed by atoms with Crippen LogP contribution < -0.4 is 5.14 Å². The van der Waals surface area contributed by atoms with Gasteiger partial charge in [-0.1, -0.05) is 42.3 Å². The predicted molar refractivity (Wildman–Crippen MR) is 91.2 cm³/mol. The van der Waals surface area contributed by atoms with Crippen LogP contribution in [0.1, 0.15) is 38.7 Å². The molecule has 0 aliphatic rings. The van der Waals surface area contributed by atoms with Crippen molar-refractivity contribution in [2.75, 3.05) is 0 Å². The third-order valence-electron chi connectivity index (χ3n) is 3.65. The maximum Gasteiger partial charge on any atom is 0.133 e. The molecule has 6 heteroatoms. The summed E-state index contributed by atoms with van der Waals surface area (Å²) in [5.74, 6) is 0.0934. The number of hydrogen-bond donors (Lipinski definition) is 1. The van der Waals surface area contributed by atoms with E-state index in [-0.39, 0.29) is 5.92 Å². The number of fused-ring (bicyclic) bond motifs is 1. The molecule has 1 aromatic heterocycles. The fraction of sp³-hybridized carbons (Fsp3) is 0.400. The third-order valence-corrected chi connectivity index (χ3v) is 5.51. The minimum atomic E-state index is -1.39. The van der Waals surface area contributed by atoms with Gasteiger partial charge in [-0.05, 0) is 43.9 Å². The Labute approximate surface area is 137 Å². The number of hydrogen-bond acceptors (Lipinski definition) is 2. The summed E-state index contributed by atoms with van der Waals surface area (Å²) in [4.78, 5) is 4.40. The van der Waals surface area contributed by atoms with Gasteiger partial charge in [-0.15, -0.1) is 0 Å². The highest BCUT2D eigenvalue weighted by Crippen LogP contribution is 2.34. The summed E-state index contributed by atoms with van der Waals surface area (Å²) >= 11 is 12.4. The number of halogens is 2. The van der Waals surface area contributed by atoms with Gasteiger partial charge in [0, 0.05) is 5.39 Å². The van der Waals surface area contributed by atoms with Crippen molar-refractivity contribution >= 4 is 45.1 Å². The van der Waals surface area contributed by atoms with E-state index in [1.165, 1.54) is 0 Å². The molecule has 1 unspecified atom stereocenters. The van der Waals surface area contributed by atoms with Crippen molar-refractivity contribution in [3.05, 3.63) is 40.0 Å². The molecule has 2 atom stereocenters. The van der Waals surface area contributed by atoms with Crippen LogP contribution in [0.25, 0.3) is 10.9 Å². The molecular weight excluding hydrogens is 327 g/mol. The second-order valence-corrected chi connectivity index (χ2v) is 8.31. The lowest BCUT2D eigenvalue weighted by atomic mass is 9.91. The van der Waals surface area contributed by atoms with E-state index >= 15 is 0 Å². The predicted octanol–water partition coefficient (Wildman–Crippen LogP) is 4.44. The van der Waals surface area contributed by atoms with Crippen molar-refractivity contribution in [2.45, 2.75) is 37.9 Å². The van der Waals surface area contributed by atoms with Gasteiger partial charge in [0.15, 0.2) is 0 Å². The molecule has 0 aliphatic heterocycles. The van der Waals surface area contributed by atoms with Crippen LogP contribution in [0.15, 0.2) is 24.3 Å². The van der Waals surface area contributed by atoms with Crippen LogP contribution in [0.2, 0.25) is 10.2 Å². The first-order valence-electron chi connectivity index (χ1n) is 6.63. The molecule has 0 aliphatic carbocycles. The quantitative estimate of drug-likeness (QED) is 0.833. The maximum absolute atomic E-state index is 11.6. The monoisotopic (exact) mass is 344 g/mol. The number of benzene rings is 1. The van der Waals surface area contributed by atoms with Crippen LogP contribution in [0.4, 0.5) is 0 Å². The molecule has 0 saturated carbocycles. The Bertz CT molecular complexity index is 703. The highest BCUT2D eigenvalue weighted by Gasteiger charge is 2.28. The van der Waals surface area contributed by atoms with Crippen LogP contribution in [-0.4, -0.2) is 13.9 Å². The van der Waals surface area contributed by atoms with Gasteiger partial charge in [-0.3, -0.25) is 5.14 Å². The molecule has 2 aromatic rings. The van der Waals surface area contributed by atoms with Crippen molar-refractivity contribution in [1.29, 1.82) is 0 Å². The van der Waals surface area contributed by atoms with Gasteiger partial charge in [-0.2, -0.15) is 0 Å². The summed E-state index contributed by atoms with van der Waals surface area (Å²) in [7, 11) is -1.39. The van der Waals surface area contributed by atoms with Crippen molar-refractivity contribution in [3.63, 3.8) is 0 Å². The fourth-order valence-corrected chi connectivity index (χ4v) is 3.39. The average molecular weight is 345 g/mol. The maximum atomic E-state index is 11.6. The Kier molecular flexibility index (Phi) is 4.93.